The van der Waals surface area contributed by atoms with Crippen LogP contribution in [0.2, 0.25) is 5.02 Å². The van der Waals surface area contributed by atoms with Gasteiger partial charge in [-0.2, -0.15) is 13.2 Å². The van der Waals surface area contributed by atoms with Crippen molar-refractivity contribution in [1.29, 1.82) is 0 Å². The number of thioether (sulfide) groups is 1. The molecule has 0 unspecified atom stereocenters. The van der Waals surface area contributed by atoms with Gasteiger partial charge in [0.25, 0.3) is 5.91 Å². The molecule has 168 valence electrons. The number of nitrogens with zero attached hydrogens (tertiary/aromatic N) is 3. The van der Waals surface area contributed by atoms with Crippen LogP contribution in [0.15, 0.2) is 53.7 Å². The standard InChI is InChI=1S/C20H17ClF3N5O2S/c1-29-16(10-25-18(31)12-5-3-2-4-6-12)27-28-19(29)32-11-17(30)26-15-9-13(20(22,23)24)7-8-14(15)21/h2-9H,10-11H2,1H3,(H,25,31)(H,26,30). The van der Waals surface area contributed by atoms with Crippen LogP contribution in [0.3, 0.4) is 0 Å². The van der Waals surface area contributed by atoms with Crippen LogP contribution >= 0.6 is 23.4 Å². The Morgan fingerprint density at radius 3 is 2.53 bits per heavy atom. The summed E-state index contributed by atoms with van der Waals surface area (Å²) in [5.74, 6) is -0.481. The first-order valence-corrected chi connectivity index (χ1v) is 10.5. The van der Waals surface area contributed by atoms with Crippen molar-refractivity contribution in [3.8, 4) is 0 Å². The van der Waals surface area contributed by atoms with Gasteiger partial charge in [-0.05, 0) is 30.3 Å². The molecule has 2 amide bonds. The number of alkyl halides is 3. The summed E-state index contributed by atoms with van der Waals surface area (Å²) in [5, 5.41) is 13.5. The molecule has 0 bridgehead atoms. The number of hydrogen-bond acceptors (Lipinski definition) is 5. The summed E-state index contributed by atoms with van der Waals surface area (Å²) in [5.41, 5.74) is -0.538. The molecule has 1 aromatic heterocycles. The van der Waals surface area contributed by atoms with E-state index < -0.39 is 17.6 Å². The molecule has 2 N–H and O–H groups in total. The predicted octanol–water partition coefficient (Wildman–Crippen LogP) is 4.15. The van der Waals surface area contributed by atoms with Crippen molar-refractivity contribution in [2.45, 2.75) is 17.9 Å². The molecule has 0 radical (unpaired) electrons. The van der Waals surface area contributed by atoms with Gasteiger partial charge >= 0.3 is 6.18 Å². The fourth-order valence-electron chi connectivity index (χ4n) is 2.59. The quantitative estimate of drug-likeness (QED) is 0.493. The summed E-state index contributed by atoms with van der Waals surface area (Å²) in [4.78, 5) is 24.3. The molecule has 12 heteroatoms. The van der Waals surface area contributed by atoms with Gasteiger partial charge in [-0.1, -0.05) is 41.6 Å². The lowest BCUT2D eigenvalue weighted by atomic mass is 10.2. The highest BCUT2D eigenvalue weighted by atomic mass is 35.5. The highest BCUT2D eigenvalue weighted by Crippen LogP contribution is 2.33. The predicted molar refractivity (Wildman–Crippen MR) is 114 cm³/mol. The Hall–Kier alpha value is -3.05. The van der Waals surface area contributed by atoms with E-state index in [1.54, 1.807) is 41.9 Å². The number of benzene rings is 2. The van der Waals surface area contributed by atoms with Crippen molar-refractivity contribution in [2.24, 2.45) is 7.05 Å². The number of rotatable bonds is 7. The molecule has 0 saturated heterocycles. The van der Waals surface area contributed by atoms with Gasteiger partial charge in [0, 0.05) is 12.6 Å². The molecule has 2 aromatic carbocycles. The van der Waals surface area contributed by atoms with E-state index >= 15 is 0 Å². The van der Waals surface area contributed by atoms with Crippen molar-refractivity contribution < 1.29 is 22.8 Å². The molecule has 3 rings (SSSR count). The van der Waals surface area contributed by atoms with Crippen LogP contribution in [0.25, 0.3) is 0 Å². The van der Waals surface area contributed by atoms with Crippen LogP contribution in [0.5, 0.6) is 0 Å². The molecular formula is C20H17ClF3N5O2S. The minimum atomic E-state index is -4.55. The second-order valence-corrected chi connectivity index (χ2v) is 7.89. The molecule has 32 heavy (non-hydrogen) atoms. The van der Waals surface area contributed by atoms with Crippen molar-refractivity contribution in [2.75, 3.05) is 11.1 Å². The van der Waals surface area contributed by atoms with Crippen LogP contribution in [0.4, 0.5) is 18.9 Å². The smallest absolute Gasteiger partial charge is 0.345 e. The maximum absolute atomic E-state index is 12.9. The number of anilines is 1. The highest BCUT2D eigenvalue weighted by molar-refractivity contribution is 7.99. The van der Waals surface area contributed by atoms with E-state index in [0.29, 0.717) is 16.5 Å². The second kappa shape index (κ2) is 10.0. The molecular weight excluding hydrogens is 467 g/mol. The molecule has 1 heterocycles. The fraction of sp³-hybridized carbons (Fsp3) is 0.200. The fourth-order valence-corrected chi connectivity index (χ4v) is 3.48. The normalized spacial score (nSPS) is 11.3. The van der Waals surface area contributed by atoms with E-state index in [1.807, 2.05) is 0 Å². The van der Waals surface area contributed by atoms with Gasteiger partial charge in [-0.15, -0.1) is 10.2 Å². The molecule has 0 aliphatic carbocycles. The van der Waals surface area contributed by atoms with Crippen LogP contribution in [0, 0.1) is 0 Å². The molecule has 0 atom stereocenters. The van der Waals surface area contributed by atoms with Gasteiger partial charge < -0.3 is 15.2 Å². The lowest BCUT2D eigenvalue weighted by molar-refractivity contribution is -0.137. The van der Waals surface area contributed by atoms with E-state index in [0.717, 1.165) is 30.0 Å². The lowest BCUT2D eigenvalue weighted by Gasteiger charge is -2.11. The maximum Gasteiger partial charge on any atom is 0.416 e. The minimum Gasteiger partial charge on any atom is -0.345 e. The molecule has 0 aliphatic rings. The number of amides is 2. The summed E-state index contributed by atoms with van der Waals surface area (Å²) in [6.45, 7) is 0.129. The summed E-state index contributed by atoms with van der Waals surface area (Å²) >= 11 is 6.93. The number of nitrogens with one attached hydrogen (secondary N) is 2. The molecule has 7 nitrogen and oxygen atoms in total. The third kappa shape index (κ3) is 6.01. The monoisotopic (exact) mass is 483 g/mol. The van der Waals surface area contributed by atoms with E-state index in [1.165, 1.54) is 0 Å². The van der Waals surface area contributed by atoms with E-state index in [2.05, 4.69) is 20.8 Å². The van der Waals surface area contributed by atoms with Crippen LogP contribution in [-0.2, 0) is 24.6 Å². The van der Waals surface area contributed by atoms with E-state index in [9.17, 15) is 22.8 Å². The van der Waals surface area contributed by atoms with Crippen molar-refractivity contribution in [3.63, 3.8) is 0 Å². The topological polar surface area (TPSA) is 88.9 Å². The molecule has 0 fully saturated rings. The van der Waals surface area contributed by atoms with Crippen molar-refractivity contribution in [1.82, 2.24) is 20.1 Å². The average molecular weight is 484 g/mol. The lowest BCUT2D eigenvalue weighted by Crippen LogP contribution is -2.24. The zero-order valence-electron chi connectivity index (χ0n) is 16.6. The van der Waals surface area contributed by atoms with Gasteiger partial charge in [-0.25, -0.2) is 0 Å². The van der Waals surface area contributed by atoms with E-state index in [-0.39, 0.29) is 28.9 Å². The average Bonchev–Trinajstić information content (AvgIpc) is 3.11. The SMILES string of the molecule is Cn1c(CNC(=O)c2ccccc2)nnc1SCC(=O)Nc1cc(C(F)(F)F)ccc1Cl. The molecule has 0 spiro atoms. The Morgan fingerprint density at radius 2 is 1.84 bits per heavy atom. The third-order valence-corrected chi connectivity index (χ3v) is 5.62. The Morgan fingerprint density at radius 1 is 1.12 bits per heavy atom. The Kier molecular flexibility index (Phi) is 7.41. The van der Waals surface area contributed by atoms with E-state index in [4.69, 9.17) is 11.6 Å². The Bertz CT molecular complexity index is 1120. The zero-order chi connectivity index (χ0) is 23.3. The molecule has 0 saturated carbocycles. The number of hydrogen-bond donors (Lipinski definition) is 2. The zero-order valence-corrected chi connectivity index (χ0v) is 18.2. The van der Waals surface area contributed by atoms with Crippen molar-refractivity contribution in [3.05, 3.63) is 70.5 Å². The summed E-state index contributed by atoms with van der Waals surface area (Å²) in [6.07, 6.45) is -4.55. The van der Waals surface area contributed by atoms with Gasteiger partial charge in [0.15, 0.2) is 11.0 Å². The largest absolute Gasteiger partial charge is 0.416 e. The van der Waals surface area contributed by atoms with Gasteiger partial charge in [0.2, 0.25) is 5.91 Å². The van der Waals surface area contributed by atoms with Crippen molar-refractivity contribution >= 4 is 40.9 Å². The minimum absolute atomic E-state index is 0.00791. The van der Waals surface area contributed by atoms with Crippen LogP contribution < -0.4 is 10.6 Å². The first-order chi connectivity index (χ1) is 15.1. The van der Waals surface area contributed by atoms with Gasteiger partial charge in [-0.3, -0.25) is 9.59 Å². The summed E-state index contributed by atoms with van der Waals surface area (Å²) < 4.78 is 40.2. The third-order valence-electron chi connectivity index (χ3n) is 4.27. The summed E-state index contributed by atoms with van der Waals surface area (Å²) in [6, 6.07) is 11.4. The van der Waals surface area contributed by atoms with Gasteiger partial charge in [0.05, 0.1) is 28.6 Å². The summed E-state index contributed by atoms with van der Waals surface area (Å²) in [7, 11) is 1.67. The van der Waals surface area contributed by atoms with Crippen LogP contribution in [0.1, 0.15) is 21.7 Å². The number of carbonyl (C=O) groups excluding carboxylic acids is 2. The number of aromatic nitrogens is 3. The first-order valence-electron chi connectivity index (χ1n) is 9.16. The molecule has 0 aliphatic heterocycles. The van der Waals surface area contributed by atoms with Crippen LogP contribution in [-0.4, -0.2) is 32.3 Å². The second-order valence-electron chi connectivity index (χ2n) is 6.54. The van der Waals surface area contributed by atoms with Gasteiger partial charge in [0.1, 0.15) is 0 Å². The maximum atomic E-state index is 12.9. The molecule has 3 aromatic rings. The Balaban J connectivity index is 1.56. The highest BCUT2D eigenvalue weighted by Gasteiger charge is 2.31. The Labute approximate surface area is 190 Å². The number of halogens is 4. The number of carbonyl (C=O) groups is 2. The first kappa shape index (κ1) is 23.6.